The van der Waals surface area contributed by atoms with Gasteiger partial charge in [-0.2, -0.15) is 0 Å². The van der Waals surface area contributed by atoms with Crippen LogP contribution < -0.4 is 0 Å². The first kappa shape index (κ1) is 11.6. The van der Waals surface area contributed by atoms with E-state index in [-0.39, 0.29) is 0 Å². The van der Waals surface area contributed by atoms with Gasteiger partial charge in [0.05, 0.1) is 11.7 Å². The van der Waals surface area contributed by atoms with Crippen molar-refractivity contribution in [3.8, 4) is 0 Å². The zero-order valence-electron chi connectivity index (χ0n) is 9.86. The Morgan fingerprint density at radius 3 is 2.44 bits per heavy atom. The highest BCUT2D eigenvalue weighted by atomic mass is 16.5. The Morgan fingerprint density at radius 2 is 1.88 bits per heavy atom. The highest BCUT2D eigenvalue weighted by Crippen LogP contribution is 2.32. The summed E-state index contributed by atoms with van der Waals surface area (Å²) in [6.07, 6.45) is 4.75. The molecule has 88 valence electrons. The molecule has 1 fully saturated rings. The van der Waals surface area contributed by atoms with E-state index in [0.717, 1.165) is 32.1 Å². The molecule has 0 saturated heterocycles. The molecule has 0 unspecified atom stereocenters. The van der Waals surface area contributed by atoms with Crippen molar-refractivity contribution >= 4 is 0 Å². The van der Waals surface area contributed by atoms with Gasteiger partial charge in [0.1, 0.15) is 0 Å². The summed E-state index contributed by atoms with van der Waals surface area (Å²) >= 11 is 0. The Bertz CT molecular complexity index is 313. The fraction of sp³-hybridized carbons (Fsp3) is 0.571. The van der Waals surface area contributed by atoms with Crippen LogP contribution >= 0.6 is 0 Å². The van der Waals surface area contributed by atoms with Gasteiger partial charge in [0.25, 0.3) is 0 Å². The standard InChI is InChI=1S/C14H20O2/c1-16-13-7-9-14(15,10-8-13)11-12-5-3-2-4-6-12/h2-6,13,15H,7-11H2,1H3. The van der Waals surface area contributed by atoms with E-state index in [1.165, 1.54) is 5.56 Å². The highest BCUT2D eigenvalue weighted by Gasteiger charge is 2.33. The quantitative estimate of drug-likeness (QED) is 0.848. The van der Waals surface area contributed by atoms with Crippen molar-refractivity contribution in [3.05, 3.63) is 35.9 Å². The van der Waals surface area contributed by atoms with Crippen molar-refractivity contribution in [1.82, 2.24) is 0 Å². The molecule has 1 aromatic rings. The van der Waals surface area contributed by atoms with Gasteiger partial charge in [-0.3, -0.25) is 0 Å². The molecule has 1 saturated carbocycles. The molecular formula is C14H20O2. The first-order valence-corrected chi connectivity index (χ1v) is 6.01. The van der Waals surface area contributed by atoms with E-state index >= 15 is 0 Å². The Hall–Kier alpha value is -0.860. The van der Waals surface area contributed by atoms with Gasteiger partial charge in [0.15, 0.2) is 0 Å². The maximum absolute atomic E-state index is 10.5. The molecule has 2 rings (SSSR count). The number of hydrogen-bond acceptors (Lipinski definition) is 2. The average molecular weight is 220 g/mol. The molecule has 0 bridgehead atoms. The van der Waals surface area contributed by atoms with Crippen LogP contribution in [-0.4, -0.2) is 23.9 Å². The van der Waals surface area contributed by atoms with Gasteiger partial charge in [-0.25, -0.2) is 0 Å². The topological polar surface area (TPSA) is 29.5 Å². The van der Waals surface area contributed by atoms with Gasteiger partial charge >= 0.3 is 0 Å². The molecule has 1 aromatic carbocycles. The van der Waals surface area contributed by atoms with Crippen molar-refractivity contribution in [1.29, 1.82) is 0 Å². The second-order valence-electron chi connectivity index (χ2n) is 4.82. The zero-order chi connectivity index (χ0) is 11.4. The lowest BCUT2D eigenvalue weighted by molar-refractivity contribution is -0.0427. The average Bonchev–Trinajstić information content (AvgIpc) is 2.31. The largest absolute Gasteiger partial charge is 0.390 e. The Morgan fingerprint density at radius 1 is 1.25 bits per heavy atom. The van der Waals surface area contributed by atoms with Gasteiger partial charge < -0.3 is 9.84 Å². The number of ether oxygens (including phenoxy) is 1. The van der Waals surface area contributed by atoms with Crippen molar-refractivity contribution in [2.45, 2.75) is 43.8 Å². The summed E-state index contributed by atoms with van der Waals surface area (Å²) in [5.41, 5.74) is 0.706. The Kier molecular flexibility index (Phi) is 3.62. The van der Waals surface area contributed by atoms with Crippen LogP contribution in [0, 0.1) is 0 Å². The SMILES string of the molecule is COC1CCC(O)(Cc2ccccc2)CC1. The molecule has 0 aliphatic heterocycles. The molecular weight excluding hydrogens is 200 g/mol. The molecule has 2 nitrogen and oxygen atoms in total. The van der Waals surface area contributed by atoms with Crippen molar-refractivity contribution < 1.29 is 9.84 Å². The van der Waals surface area contributed by atoms with E-state index < -0.39 is 5.60 Å². The summed E-state index contributed by atoms with van der Waals surface area (Å²) in [4.78, 5) is 0. The fourth-order valence-corrected chi connectivity index (χ4v) is 2.52. The molecule has 0 aromatic heterocycles. The third-order valence-corrected chi connectivity index (χ3v) is 3.57. The minimum atomic E-state index is -0.517. The molecule has 2 heteroatoms. The van der Waals surface area contributed by atoms with Gasteiger partial charge in [0.2, 0.25) is 0 Å². The molecule has 1 N–H and O–H groups in total. The van der Waals surface area contributed by atoms with E-state index in [1.54, 1.807) is 7.11 Å². The van der Waals surface area contributed by atoms with Crippen molar-refractivity contribution in [3.63, 3.8) is 0 Å². The number of rotatable bonds is 3. The minimum Gasteiger partial charge on any atom is -0.390 e. The summed E-state index contributed by atoms with van der Waals surface area (Å²) in [6.45, 7) is 0. The van der Waals surface area contributed by atoms with E-state index in [4.69, 9.17) is 4.74 Å². The fourth-order valence-electron chi connectivity index (χ4n) is 2.52. The Labute approximate surface area is 97.3 Å². The second kappa shape index (κ2) is 4.98. The molecule has 0 heterocycles. The predicted molar refractivity (Wildman–Crippen MR) is 64.4 cm³/mol. The first-order chi connectivity index (χ1) is 7.72. The third kappa shape index (κ3) is 2.83. The van der Waals surface area contributed by atoms with E-state index in [9.17, 15) is 5.11 Å². The molecule has 0 radical (unpaired) electrons. The number of aliphatic hydroxyl groups is 1. The van der Waals surface area contributed by atoms with E-state index in [1.807, 2.05) is 18.2 Å². The highest BCUT2D eigenvalue weighted by molar-refractivity contribution is 5.17. The minimum absolute atomic E-state index is 0.344. The molecule has 0 amide bonds. The van der Waals surface area contributed by atoms with Crippen LogP contribution in [0.1, 0.15) is 31.2 Å². The smallest absolute Gasteiger partial charge is 0.0689 e. The first-order valence-electron chi connectivity index (χ1n) is 6.01. The van der Waals surface area contributed by atoms with Crippen molar-refractivity contribution in [2.24, 2.45) is 0 Å². The lowest BCUT2D eigenvalue weighted by Gasteiger charge is -2.35. The monoisotopic (exact) mass is 220 g/mol. The van der Waals surface area contributed by atoms with Crippen LogP contribution in [-0.2, 0) is 11.2 Å². The second-order valence-corrected chi connectivity index (χ2v) is 4.82. The van der Waals surface area contributed by atoms with Gasteiger partial charge in [-0.05, 0) is 31.2 Å². The van der Waals surface area contributed by atoms with Gasteiger partial charge in [-0.15, -0.1) is 0 Å². The predicted octanol–water partition coefficient (Wildman–Crippen LogP) is 2.55. The van der Waals surface area contributed by atoms with Crippen LogP contribution in [0.4, 0.5) is 0 Å². The zero-order valence-corrected chi connectivity index (χ0v) is 9.86. The number of methoxy groups -OCH3 is 1. The van der Waals surface area contributed by atoms with Crippen LogP contribution in [0.15, 0.2) is 30.3 Å². The lowest BCUT2D eigenvalue weighted by Crippen LogP contribution is -2.38. The van der Waals surface area contributed by atoms with E-state index in [0.29, 0.717) is 6.10 Å². The summed E-state index contributed by atoms with van der Waals surface area (Å²) in [5, 5.41) is 10.5. The van der Waals surface area contributed by atoms with E-state index in [2.05, 4.69) is 12.1 Å². The van der Waals surface area contributed by atoms with Crippen molar-refractivity contribution in [2.75, 3.05) is 7.11 Å². The maximum atomic E-state index is 10.5. The Balaban J connectivity index is 1.95. The summed E-state index contributed by atoms with van der Waals surface area (Å²) in [6, 6.07) is 10.2. The van der Waals surface area contributed by atoms with Crippen LogP contribution in [0.3, 0.4) is 0 Å². The van der Waals surface area contributed by atoms with Gasteiger partial charge in [-0.1, -0.05) is 30.3 Å². The third-order valence-electron chi connectivity index (χ3n) is 3.57. The summed E-state index contributed by atoms with van der Waals surface area (Å²) < 4.78 is 5.32. The molecule has 0 atom stereocenters. The molecule has 0 spiro atoms. The van der Waals surface area contributed by atoms with Crippen LogP contribution in [0.5, 0.6) is 0 Å². The number of benzene rings is 1. The molecule has 16 heavy (non-hydrogen) atoms. The normalized spacial score (nSPS) is 30.2. The number of hydrogen-bond donors (Lipinski definition) is 1. The summed E-state index contributed by atoms with van der Waals surface area (Å²) in [7, 11) is 1.76. The molecule has 1 aliphatic rings. The van der Waals surface area contributed by atoms with Gasteiger partial charge in [0, 0.05) is 13.5 Å². The molecule has 1 aliphatic carbocycles. The maximum Gasteiger partial charge on any atom is 0.0689 e. The lowest BCUT2D eigenvalue weighted by atomic mass is 9.79. The van der Waals surface area contributed by atoms with Crippen LogP contribution in [0.2, 0.25) is 0 Å². The summed E-state index contributed by atoms with van der Waals surface area (Å²) in [5.74, 6) is 0. The van der Waals surface area contributed by atoms with Crippen LogP contribution in [0.25, 0.3) is 0 Å².